The summed E-state index contributed by atoms with van der Waals surface area (Å²) in [5, 5.41) is 22.9. The Labute approximate surface area is 186 Å². The van der Waals surface area contributed by atoms with E-state index in [2.05, 4.69) is 56.8 Å². The van der Waals surface area contributed by atoms with E-state index < -0.39 is 0 Å². The van der Waals surface area contributed by atoms with Crippen molar-refractivity contribution in [3.63, 3.8) is 0 Å². The number of rotatable bonds is 6. The Morgan fingerprint density at radius 3 is 2.59 bits per heavy atom. The number of nitrogens with zero attached hydrogens (tertiary/aromatic N) is 5. The van der Waals surface area contributed by atoms with Crippen molar-refractivity contribution >= 4 is 0 Å². The van der Waals surface area contributed by atoms with Gasteiger partial charge in [-0.3, -0.25) is 4.90 Å². The van der Waals surface area contributed by atoms with E-state index in [4.69, 9.17) is 4.74 Å². The van der Waals surface area contributed by atoms with Crippen LogP contribution in [-0.4, -0.2) is 43.9 Å². The lowest BCUT2D eigenvalue weighted by atomic mass is 9.95. The Bertz CT molecular complexity index is 1210. The van der Waals surface area contributed by atoms with E-state index >= 15 is 0 Å². The molecule has 5 rings (SSSR count). The van der Waals surface area contributed by atoms with Crippen molar-refractivity contribution < 1.29 is 9.84 Å². The Morgan fingerprint density at radius 2 is 1.78 bits per heavy atom. The molecule has 0 bridgehead atoms. The molecule has 3 aromatic carbocycles. The minimum absolute atomic E-state index is 0.114. The summed E-state index contributed by atoms with van der Waals surface area (Å²) in [5.41, 5.74) is 4.81. The van der Waals surface area contributed by atoms with E-state index in [-0.39, 0.29) is 11.8 Å². The van der Waals surface area contributed by atoms with E-state index in [1.54, 1.807) is 13.2 Å². The van der Waals surface area contributed by atoms with Gasteiger partial charge in [-0.25, -0.2) is 4.68 Å². The molecule has 0 amide bonds. The number of phenolic OH excluding ortho intramolecular Hbond substituents is 1. The maximum atomic E-state index is 10.2. The summed E-state index contributed by atoms with van der Waals surface area (Å²) < 4.78 is 7.26. The molecule has 32 heavy (non-hydrogen) atoms. The normalized spacial score (nSPS) is 14.7. The van der Waals surface area contributed by atoms with Crippen molar-refractivity contribution in [3.8, 4) is 11.5 Å². The molecule has 1 N–H and O–H groups in total. The minimum atomic E-state index is -0.184. The number of hydrogen-bond acceptors (Lipinski definition) is 6. The highest BCUT2D eigenvalue weighted by Gasteiger charge is 2.31. The number of benzene rings is 3. The minimum Gasteiger partial charge on any atom is -0.504 e. The predicted octanol–water partition coefficient (Wildman–Crippen LogP) is 3.58. The Balaban J connectivity index is 1.56. The molecule has 0 spiro atoms. The van der Waals surface area contributed by atoms with Crippen LogP contribution >= 0.6 is 0 Å². The molecule has 0 saturated carbocycles. The molecule has 2 heterocycles. The quantitative estimate of drug-likeness (QED) is 0.507. The molecule has 162 valence electrons. The molecule has 7 nitrogen and oxygen atoms in total. The zero-order chi connectivity index (χ0) is 21.9. The smallest absolute Gasteiger partial charge is 0.173 e. The first-order valence-electron chi connectivity index (χ1n) is 10.7. The number of hydrogen-bond donors (Lipinski definition) is 1. The van der Waals surface area contributed by atoms with Gasteiger partial charge < -0.3 is 9.84 Å². The Morgan fingerprint density at radius 1 is 1.00 bits per heavy atom. The molecular weight excluding hydrogens is 402 g/mol. The van der Waals surface area contributed by atoms with E-state index in [9.17, 15) is 5.11 Å². The van der Waals surface area contributed by atoms with Crippen molar-refractivity contribution in [1.29, 1.82) is 0 Å². The number of aromatic nitrogens is 4. The van der Waals surface area contributed by atoms with Crippen LogP contribution in [0.4, 0.5) is 0 Å². The summed E-state index contributed by atoms with van der Waals surface area (Å²) in [7, 11) is 1.56. The molecule has 1 atom stereocenters. The van der Waals surface area contributed by atoms with Crippen LogP contribution in [0.25, 0.3) is 0 Å². The van der Waals surface area contributed by atoms with Crippen molar-refractivity contribution in [3.05, 3.63) is 101 Å². The van der Waals surface area contributed by atoms with Crippen molar-refractivity contribution in [2.75, 3.05) is 13.7 Å². The van der Waals surface area contributed by atoms with Crippen LogP contribution < -0.4 is 4.74 Å². The van der Waals surface area contributed by atoms with Crippen LogP contribution in [0.5, 0.6) is 11.5 Å². The standard InChI is InChI=1S/C25H25N5O2/c1-32-23-15-20(11-12-22(23)31)24(29-14-13-19-9-5-6-10-21(19)17-29)25-26-27-28-30(25)16-18-7-3-2-4-8-18/h2-12,15,24,31H,13-14,16-17H2,1H3/t24-/m0/s1. The van der Waals surface area contributed by atoms with Crippen LogP contribution in [0.15, 0.2) is 72.8 Å². The lowest BCUT2D eigenvalue weighted by molar-refractivity contribution is 0.194. The van der Waals surface area contributed by atoms with Crippen LogP contribution in [0.1, 0.15) is 34.1 Å². The summed E-state index contributed by atoms with van der Waals surface area (Å²) in [6.07, 6.45) is 0.960. The van der Waals surface area contributed by atoms with Gasteiger partial charge in [-0.1, -0.05) is 60.7 Å². The van der Waals surface area contributed by atoms with E-state index in [0.29, 0.717) is 12.3 Å². The first-order valence-corrected chi connectivity index (χ1v) is 10.7. The fourth-order valence-electron chi connectivity index (χ4n) is 4.40. The molecule has 0 fully saturated rings. The summed E-state index contributed by atoms with van der Waals surface area (Å²) in [6, 6.07) is 24.0. The molecule has 0 unspecified atom stereocenters. The number of phenols is 1. The fourth-order valence-corrected chi connectivity index (χ4v) is 4.40. The van der Waals surface area contributed by atoms with Gasteiger partial charge in [0.05, 0.1) is 19.7 Å². The predicted molar refractivity (Wildman–Crippen MR) is 120 cm³/mol. The highest BCUT2D eigenvalue weighted by Crippen LogP contribution is 2.36. The van der Waals surface area contributed by atoms with Crippen molar-refractivity contribution in [2.45, 2.75) is 25.6 Å². The number of tetrazole rings is 1. The molecule has 1 aliphatic heterocycles. The molecule has 0 saturated heterocycles. The number of methoxy groups -OCH3 is 1. The Hall–Kier alpha value is -3.71. The molecule has 1 aliphatic rings. The van der Waals surface area contributed by atoms with Gasteiger partial charge in [-0.15, -0.1) is 5.10 Å². The summed E-state index contributed by atoms with van der Waals surface area (Å²) >= 11 is 0. The van der Waals surface area contributed by atoms with E-state index in [0.717, 1.165) is 36.5 Å². The van der Waals surface area contributed by atoms with Crippen LogP contribution in [0, 0.1) is 0 Å². The van der Waals surface area contributed by atoms with Gasteiger partial charge in [0.1, 0.15) is 0 Å². The molecule has 4 aromatic rings. The maximum Gasteiger partial charge on any atom is 0.173 e. The number of aromatic hydroxyl groups is 1. The third kappa shape index (κ3) is 3.94. The first kappa shape index (κ1) is 20.2. The third-order valence-corrected chi connectivity index (χ3v) is 6.02. The zero-order valence-electron chi connectivity index (χ0n) is 17.9. The SMILES string of the molecule is COc1cc([C@@H](c2nnnn2Cc2ccccc2)N2CCc3ccccc3C2)ccc1O. The lowest BCUT2D eigenvalue weighted by Gasteiger charge is -2.35. The molecular formula is C25H25N5O2. The average molecular weight is 428 g/mol. The number of ether oxygens (including phenoxy) is 1. The molecule has 0 aliphatic carbocycles. The van der Waals surface area contributed by atoms with Gasteiger partial charge in [-0.05, 0) is 51.2 Å². The maximum absolute atomic E-state index is 10.2. The van der Waals surface area contributed by atoms with Gasteiger partial charge >= 0.3 is 0 Å². The molecule has 7 heteroatoms. The zero-order valence-corrected chi connectivity index (χ0v) is 17.9. The second-order valence-electron chi connectivity index (χ2n) is 8.00. The first-order chi connectivity index (χ1) is 15.7. The Kier molecular flexibility index (Phi) is 5.56. The van der Waals surface area contributed by atoms with Crippen molar-refractivity contribution in [1.82, 2.24) is 25.1 Å². The van der Waals surface area contributed by atoms with Gasteiger partial charge in [0.2, 0.25) is 0 Å². The van der Waals surface area contributed by atoms with Crippen molar-refractivity contribution in [2.24, 2.45) is 0 Å². The van der Waals surface area contributed by atoms with Gasteiger partial charge in [0.25, 0.3) is 0 Å². The van der Waals surface area contributed by atoms with E-state index in [1.165, 1.54) is 11.1 Å². The molecule has 1 aromatic heterocycles. The van der Waals surface area contributed by atoms with E-state index in [1.807, 2.05) is 35.0 Å². The largest absolute Gasteiger partial charge is 0.504 e. The number of fused-ring (bicyclic) bond motifs is 1. The molecule has 0 radical (unpaired) electrons. The van der Waals surface area contributed by atoms with Gasteiger partial charge in [0.15, 0.2) is 17.3 Å². The second-order valence-corrected chi connectivity index (χ2v) is 8.00. The van der Waals surface area contributed by atoms with Gasteiger partial charge in [-0.2, -0.15) is 0 Å². The highest BCUT2D eigenvalue weighted by molar-refractivity contribution is 5.44. The monoisotopic (exact) mass is 427 g/mol. The second kappa shape index (κ2) is 8.80. The topological polar surface area (TPSA) is 76.3 Å². The average Bonchev–Trinajstić information content (AvgIpc) is 3.28. The van der Waals surface area contributed by atoms with Crippen LogP contribution in [0.3, 0.4) is 0 Å². The fraction of sp³-hybridized carbons (Fsp3) is 0.240. The lowest BCUT2D eigenvalue weighted by Crippen LogP contribution is -2.36. The third-order valence-electron chi connectivity index (χ3n) is 6.02. The summed E-state index contributed by atoms with van der Waals surface area (Å²) in [6.45, 7) is 2.25. The summed E-state index contributed by atoms with van der Waals surface area (Å²) in [5.74, 6) is 1.32. The highest BCUT2D eigenvalue weighted by atomic mass is 16.5. The van der Waals surface area contributed by atoms with Crippen LogP contribution in [0.2, 0.25) is 0 Å². The summed E-state index contributed by atoms with van der Waals surface area (Å²) in [4.78, 5) is 2.39. The van der Waals surface area contributed by atoms with Crippen LogP contribution in [-0.2, 0) is 19.5 Å². The van der Waals surface area contributed by atoms with Gasteiger partial charge in [0, 0.05) is 13.1 Å².